The molecule has 2 rings (SSSR count). The van der Waals surface area contributed by atoms with E-state index in [0.717, 1.165) is 16.9 Å². The fourth-order valence-corrected chi connectivity index (χ4v) is 2.41. The van der Waals surface area contributed by atoms with Gasteiger partial charge in [-0.25, -0.2) is 0 Å². The number of carbonyl (C=O) groups excluding carboxylic acids is 1. The lowest BCUT2D eigenvalue weighted by Crippen LogP contribution is -2.38. The minimum atomic E-state index is -0.577. The molecule has 1 N–H and O–H groups in total. The van der Waals surface area contributed by atoms with E-state index in [0.29, 0.717) is 23.9 Å². The van der Waals surface area contributed by atoms with Crippen molar-refractivity contribution in [3.8, 4) is 11.5 Å². The van der Waals surface area contributed by atoms with Crippen molar-refractivity contribution in [2.24, 2.45) is 0 Å². The Morgan fingerprint density at radius 2 is 1.92 bits per heavy atom. The Morgan fingerprint density at radius 3 is 2.62 bits per heavy atom. The normalized spacial score (nSPS) is 11.7. The number of aryl methyl sites for hydroxylation is 2. The zero-order valence-corrected chi connectivity index (χ0v) is 14.9. The lowest BCUT2D eigenvalue weighted by atomic mass is 10.1. The number of para-hydroxylation sites is 1. The van der Waals surface area contributed by atoms with Gasteiger partial charge in [-0.15, -0.1) is 0 Å². The van der Waals surface area contributed by atoms with Gasteiger partial charge in [0, 0.05) is 0 Å². The van der Waals surface area contributed by atoms with Crippen molar-refractivity contribution in [3.63, 3.8) is 0 Å². The van der Waals surface area contributed by atoms with E-state index >= 15 is 0 Å². The molecule has 2 aromatic rings. The Hall–Kier alpha value is -2.20. The van der Waals surface area contributed by atoms with Crippen LogP contribution in [0.25, 0.3) is 0 Å². The molecule has 0 saturated carbocycles. The Morgan fingerprint density at radius 1 is 1.17 bits per heavy atom. The number of amides is 1. The van der Waals surface area contributed by atoms with Crippen LogP contribution in [0.2, 0.25) is 5.02 Å². The first-order valence-electron chi connectivity index (χ1n) is 7.86. The second-order valence-electron chi connectivity index (χ2n) is 5.60. The molecule has 0 aliphatic rings. The molecule has 1 amide bonds. The Bertz CT molecular complexity index is 703. The third-order valence-electron chi connectivity index (χ3n) is 3.50. The molecule has 128 valence electrons. The summed E-state index contributed by atoms with van der Waals surface area (Å²) < 4.78 is 11.3. The molecule has 24 heavy (non-hydrogen) atoms. The summed E-state index contributed by atoms with van der Waals surface area (Å²) in [7, 11) is 0. The average molecular weight is 348 g/mol. The predicted octanol–water partition coefficient (Wildman–Crippen LogP) is 3.92. The molecule has 0 aromatic heterocycles. The molecule has 0 spiro atoms. The number of hydrogen-bond acceptors (Lipinski definition) is 3. The van der Waals surface area contributed by atoms with E-state index in [1.165, 1.54) is 0 Å². The fraction of sp³-hybridized carbons (Fsp3) is 0.316. The number of hydrogen-bond donors (Lipinski definition) is 1. The van der Waals surface area contributed by atoms with Crippen molar-refractivity contribution >= 4 is 17.5 Å². The number of carbonyl (C=O) groups is 1. The van der Waals surface area contributed by atoms with Gasteiger partial charge in [-0.2, -0.15) is 0 Å². The molecular formula is C19H22ClNO3. The highest BCUT2D eigenvalue weighted by molar-refractivity contribution is 6.32. The van der Waals surface area contributed by atoms with Crippen LogP contribution >= 0.6 is 11.6 Å². The van der Waals surface area contributed by atoms with E-state index in [-0.39, 0.29) is 5.91 Å². The Labute approximate surface area is 147 Å². The van der Waals surface area contributed by atoms with Crippen LogP contribution < -0.4 is 14.8 Å². The molecule has 0 aliphatic heterocycles. The van der Waals surface area contributed by atoms with E-state index in [4.69, 9.17) is 21.1 Å². The zero-order valence-electron chi connectivity index (χ0n) is 14.1. The maximum Gasteiger partial charge on any atom is 0.260 e. The van der Waals surface area contributed by atoms with Crippen LogP contribution in [-0.4, -0.2) is 25.2 Å². The molecule has 0 saturated heterocycles. The molecule has 2 aromatic carbocycles. The highest BCUT2D eigenvalue weighted by atomic mass is 35.5. The summed E-state index contributed by atoms with van der Waals surface area (Å²) in [4.78, 5) is 12.1. The molecule has 0 heterocycles. The van der Waals surface area contributed by atoms with Crippen LogP contribution in [0.5, 0.6) is 11.5 Å². The van der Waals surface area contributed by atoms with Gasteiger partial charge >= 0.3 is 0 Å². The molecule has 0 aliphatic carbocycles. The second kappa shape index (κ2) is 8.60. The SMILES string of the molecule is Cc1ccc(O[C@H](C)C(=O)NCCOc2ccccc2Cl)c(C)c1. The standard InChI is InChI=1S/C19H22ClNO3/c1-13-8-9-17(14(2)12-13)24-15(3)19(22)21-10-11-23-18-7-5-4-6-16(18)20/h4-9,12,15H,10-11H2,1-3H3,(H,21,22)/t15-/m1/s1. The predicted molar refractivity (Wildman–Crippen MR) is 96.0 cm³/mol. The topological polar surface area (TPSA) is 47.6 Å². The smallest absolute Gasteiger partial charge is 0.260 e. The van der Waals surface area contributed by atoms with Crippen molar-refractivity contribution < 1.29 is 14.3 Å². The van der Waals surface area contributed by atoms with Gasteiger partial charge in [0.15, 0.2) is 6.10 Å². The van der Waals surface area contributed by atoms with Gasteiger partial charge in [-0.1, -0.05) is 41.4 Å². The van der Waals surface area contributed by atoms with Crippen LogP contribution in [0.15, 0.2) is 42.5 Å². The van der Waals surface area contributed by atoms with E-state index in [2.05, 4.69) is 5.32 Å². The number of halogens is 1. The van der Waals surface area contributed by atoms with Gasteiger partial charge in [0.05, 0.1) is 11.6 Å². The van der Waals surface area contributed by atoms with Crippen molar-refractivity contribution in [1.29, 1.82) is 0 Å². The van der Waals surface area contributed by atoms with Gasteiger partial charge in [-0.05, 0) is 44.5 Å². The Kier molecular flexibility index (Phi) is 6.50. The van der Waals surface area contributed by atoms with Crippen molar-refractivity contribution in [3.05, 3.63) is 58.6 Å². The van der Waals surface area contributed by atoms with Crippen LogP contribution in [0.3, 0.4) is 0 Å². The van der Waals surface area contributed by atoms with Gasteiger partial charge in [0.1, 0.15) is 18.1 Å². The van der Waals surface area contributed by atoms with Crippen LogP contribution in [0, 0.1) is 13.8 Å². The van der Waals surface area contributed by atoms with E-state index in [1.54, 1.807) is 19.1 Å². The first-order valence-corrected chi connectivity index (χ1v) is 8.24. The number of rotatable bonds is 7. The highest BCUT2D eigenvalue weighted by Crippen LogP contribution is 2.23. The molecular weight excluding hydrogens is 326 g/mol. The fourth-order valence-electron chi connectivity index (χ4n) is 2.22. The summed E-state index contributed by atoms with van der Waals surface area (Å²) in [6.07, 6.45) is -0.577. The number of ether oxygens (including phenoxy) is 2. The van der Waals surface area contributed by atoms with Crippen LogP contribution in [0.1, 0.15) is 18.1 Å². The summed E-state index contributed by atoms with van der Waals surface area (Å²) in [6.45, 7) is 6.43. The first-order chi connectivity index (χ1) is 11.5. The van der Waals surface area contributed by atoms with Gasteiger partial charge in [-0.3, -0.25) is 4.79 Å². The van der Waals surface area contributed by atoms with E-state index in [9.17, 15) is 4.79 Å². The minimum Gasteiger partial charge on any atom is -0.490 e. The van der Waals surface area contributed by atoms with Gasteiger partial charge in [0.25, 0.3) is 5.91 Å². The van der Waals surface area contributed by atoms with Crippen molar-refractivity contribution in [2.45, 2.75) is 26.9 Å². The lowest BCUT2D eigenvalue weighted by Gasteiger charge is -2.16. The monoisotopic (exact) mass is 347 g/mol. The molecule has 5 heteroatoms. The van der Waals surface area contributed by atoms with Crippen molar-refractivity contribution in [2.75, 3.05) is 13.2 Å². The number of benzene rings is 2. The molecule has 0 fully saturated rings. The molecule has 0 unspecified atom stereocenters. The van der Waals surface area contributed by atoms with Crippen LogP contribution in [-0.2, 0) is 4.79 Å². The van der Waals surface area contributed by atoms with Gasteiger partial charge in [0.2, 0.25) is 0 Å². The maximum absolute atomic E-state index is 12.1. The maximum atomic E-state index is 12.1. The summed E-state index contributed by atoms with van der Waals surface area (Å²) in [6, 6.07) is 13.1. The van der Waals surface area contributed by atoms with Gasteiger partial charge < -0.3 is 14.8 Å². The summed E-state index contributed by atoms with van der Waals surface area (Å²) >= 11 is 6.00. The summed E-state index contributed by atoms with van der Waals surface area (Å²) in [5, 5.41) is 3.34. The van der Waals surface area contributed by atoms with E-state index in [1.807, 2.05) is 44.2 Å². The largest absolute Gasteiger partial charge is 0.490 e. The van der Waals surface area contributed by atoms with Crippen molar-refractivity contribution in [1.82, 2.24) is 5.32 Å². The first kappa shape index (κ1) is 18.1. The van der Waals surface area contributed by atoms with Crippen LogP contribution in [0.4, 0.5) is 0 Å². The second-order valence-corrected chi connectivity index (χ2v) is 6.01. The number of nitrogens with one attached hydrogen (secondary N) is 1. The quantitative estimate of drug-likeness (QED) is 0.772. The highest BCUT2D eigenvalue weighted by Gasteiger charge is 2.15. The molecule has 0 bridgehead atoms. The average Bonchev–Trinajstić information content (AvgIpc) is 2.55. The zero-order chi connectivity index (χ0) is 17.5. The third kappa shape index (κ3) is 5.17. The van der Waals surface area contributed by atoms with E-state index < -0.39 is 6.10 Å². The molecule has 0 radical (unpaired) electrons. The third-order valence-corrected chi connectivity index (χ3v) is 3.81. The minimum absolute atomic E-state index is 0.183. The summed E-state index contributed by atoms with van der Waals surface area (Å²) in [5.41, 5.74) is 2.17. The lowest BCUT2D eigenvalue weighted by molar-refractivity contribution is -0.127. The molecule has 1 atom stereocenters. The molecule has 4 nitrogen and oxygen atoms in total. The summed E-state index contributed by atoms with van der Waals surface area (Å²) in [5.74, 6) is 1.14. The Balaban J connectivity index is 1.76.